The first-order chi connectivity index (χ1) is 13.6. The molecule has 2 N–H and O–H groups in total. The fraction of sp³-hybridized carbons (Fsp3) is 0.522. The molecule has 1 aliphatic carbocycles. The number of unbranched alkanes of at least 4 members (excludes halogenated alkanes) is 5. The summed E-state index contributed by atoms with van der Waals surface area (Å²) in [5, 5.41) is 20.0. The minimum atomic E-state index is -1.16. The summed E-state index contributed by atoms with van der Waals surface area (Å²) in [5.41, 5.74) is -0.629. The molecule has 0 saturated carbocycles. The molecule has 0 aromatic heterocycles. The highest BCUT2D eigenvalue weighted by Gasteiger charge is 2.40. The van der Waals surface area contributed by atoms with E-state index in [1.807, 2.05) is 42.7 Å². The van der Waals surface area contributed by atoms with Gasteiger partial charge in [-0.05, 0) is 63.0 Å². The van der Waals surface area contributed by atoms with Gasteiger partial charge in [0.2, 0.25) is 0 Å². The average Bonchev–Trinajstić information content (AvgIpc) is 2.95. The van der Waals surface area contributed by atoms with E-state index in [4.69, 9.17) is 9.84 Å². The van der Waals surface area contributed by atoms with E-state index in [0.29, 0.717) is 23.5 Å². The number of thioether (sulfide) groups is 1. The number of aliphatic hydroxyl groups is 2. The predicted octanol–water partition coefficient (Wildman–Crippen LogP) is 4.67. The Morgan fingerprint density at radius 1 is 1.07 bits per heavy atom. The van der Waals surface area contributed by atoms with Crippen molar-refractivity contribution in [2.24, 2.45) is 0 Å². The van der Waals surface area contributed by atoms with Crippen molar-refractivity contribution in [2.45, 2.75) is 57.0 Å². The van der Waals surface area contributed by atoms with Crippen molar-refractivity contribution in [3.63, 3.8) is 0 Å². The quantitative estimate of drug-likeness (QED) is 0.369. The van der Waals surface area contributed by atoms with Gasteiger partial charge in [0.25, 0.3) is 0 Å². The summed E-state index contributed by atoms with van der Waals surface area (Å²) in [6.45, 7) is 0.825. The molecule has 1 unspecified atom stereocenters. The molecule has 0 bridgehead atoms. The van der Waals surface area contributed by atoms with Crippen LogP contribution >= 0.6 is 11.8 Å². The van der Waals surface area contributed by atoms with Gasteiger partial charge < -0.3 is 14.9 Å². The Morgan fingerprint density at radius 2 is 1.82 bits per heavy atom. The topological polar surface area (TPSA) is 66.8 Å². The number of hydrogen-bond donors (Lipinski definition) is 2. The van der Waals surface area contributed by atoms with Crippen LogP contribution in [0.5, 0.6) is 5.75 Å². The first-order valence-electron chi connectivity index (χ1n) is 10.1. The maximum atomic E-state index is 12.6. The first kappa shape index (κ1) is 22.7. The highest BCUT2D eigenvalue weighted by atomic mass is 32.2. The van der Waals surface area contributed by atoms with Crippen LogP contribution in [0.15, 0.2) is 53.0 Å². The maximum absolute atomic E-state index is 12.6. The molecular formula is C23H32O4S. The Bertz CT molecular complexity index is 668. The number of Topliss-reactive ketones (excluding diaryl/α,β-unsaturated/α-hetero) is 1. The molecule has 1 aromatic rings. The number of hydrogen-bond acceptors (Lipinski definition) is 5. The van der Waals surface area contributed by atoms with Gasteiger partial charge in [-0.25, -0.2) is 0 Å². The van der Waals surface area contributed by atoms with Crippen LogP contribution < -0.4 is 4.74 Å². The number of ketones is 1. The summed E-state index contributed by atoms with van der Waals surface area (Å²) < 4.78 is 5.71. The lowest BCUT2D eigenvalue weighted by atomic mass is 9.90. The van der Waals surface area contributed by atoms with Gasteiger partial charge in [-0.15, -0.1) is 11.8 Å². The zero-order chi connectivity index (χ0) is 20.2. The van der Waals surface area contributed by atoms with E-state index in [0.717, 1.165) is 50.7 Å². The van der Waals surface area contributed by atoms with E-state index < -0.39 is 5.60 Å². The van der Waals surface area contributed by atoms with Crippen LogP contribution in [-0.2, 0) is 4.79 Å². The number of carbonyl (C=O) groups excluding carboxylic acids is 1. The Labute approximate surface area is 172 Å². The van der Waals surface area contributed by atoms with E-state index in [1.54, 1.807) is 6.08 Å². The monoisotopic (exact) mass is 404 g/mol. The lowest BCUT2D eigenvalue weighted by molar-refractivity contribution is -0.112. The molecule has 0 fully saturated rings. The van der Waals surface area contributed by atoms with Crippen LogP contribution in [0.3, 0.4) is 0 Å². The third kappa shape index (κ3) is 6.80. The molecule has 0 amide bonds. The second-order valence-corrected chi connectivity index (χ2v) is 7.98. The maximum Gasteiger partial charge on any atom is 0.198 e. The molecule has 0 radical (unpaired) electrons. The molecule has 4 nitrogen and oxygen atoms in total. The van der Waals surface area contributed by atoms with Gasteiger partial charge in [-0.3, -0.25) is 4.79 Å². The summed E-state index contributed by atoms with van der Waals surface area (Å²) in [5.74, 6) is 0.814. The van der Waals surface area contributed by atoms with Gasteiger partial charge in [-0.1, -0.05) is 37.1 Å². The number of rotatable bonds is 13. The van der Waals surface area contributed by atoms with Gasteiger partial charge in [0, 0.05) is 12.2 Å². The molecule has 28 heavy (non-hydrogen) atoms. The fourth-order valence-electron chi connectivity index (χ4n) is 3.38. The fourth-order valence-corrected chi connectivity index (χ4v) is 3.98. The van der Waals surface area contributed by atoms with Crippen molar-refractivity contribution >= 4 is 17.5 Å². The van der Waals surface area contributed by atoms with Crippen molar-refractivity contribution in [1.29, 1.82) is 0 Å². The van der Waals surface area contributed by atoms with Gasteiger partial charge in [0.1, 0.15) is 11.4 Å². The van der Waals surface area contributed by atoms with Crippen LogP contribution in [0.2, 0.25) is 0 Å². The lowest BCUT2D eigenvalue weighted by Gasteiger charge is -2.22. The van der Waals surface area contributed by atoms with Crippen molar-refractivity contribution < 1.29 is 19.7 Å². The van der Waals surface area contributed by atoms with Gasteiger partial charge in [0.05, 0.1) is 11.5 Å². The molecule has 2 rings (SSSR count). The van der Waals surface area contributed by atoms with Gasteiger partial charge in [0.15, 0.2) is 5.78 Å². The van der Waals surface area contributed by atoms with Crippen LogP contribution in [0.4, 0.5) is 0 Å². The molecule has 1 aromatic carbocycles. The molecule has 0 aliphatic heterocycles. The summed E-state index contributed by atoms with van der Waals surface area (Å²) in [6, 6.07) is 9.70. The van der Waals surface area contributed by atoms with Crippen LogP contribution in [0.1, 0.15) is 51.4 Å². The largest absolute Gasteiger partial charge is 0.494 e. The van der Waals surface area contributed by atoms with Crippen molar-refractivity contribution in [3.05, 3.63) is 53.0 Å². The third-order valence-corrected chi connectivity index (χ3v) is 5.69. The van der Waals surface area contributed by atoms with Crippen LogP contribution in [0.25, 0.3) is 0 Å². The van der Waals surface area contributed by atoms with Gasteiger partial charge >= 0.3 is 0 Å². The number of aliphatic hydroxyl groups excluding tert-OH is 1. The molecule has 0 spiro atoms. The van der Waals surface area contributed by atoms with Crippen molar-refractivity contribution in [1.82, 2.24) is 0 Å². The van der Waals surface area contributed by atoms with Crippen LogP contribution in [-0.4, -0.2) is 41.1 Å². The summed E-state index contributed by atoms with van der Waals surface area (Å²) in [4.78, 5) is 13.3. The molecule has 0 saturated heterocycles. The van der Waals surface area contributed by atoms with Crippen LogP contribution in [0, 0.1) is 0 Å². The minimum Gasteiger partial charge on any atom is -0.494 e. The standard InChI is InChI=1S/C23H32O4S/c1-28-21-18-23(26,15-9-11-17-27-19-12-6-5-7-13-19)20(22(21)25)14-8-3-2-4-10-16-24/h5-7,12-14,18,24,26H,2-4,8-11,15-17H2,1H3/b20-14-. The zero-order valence-electron chi connectivity index (χ0n) is 16.7. The molecule has 1 atom stereocenters. The number of ether oxygens (including phenoxy) is 1. The Hall–Kier alpha value is -1.56. The minimum absolute atomic E-state index is 0.0362. The van der Waals surface area contributed by atoms with Gasteiger partial charge in [-0.2, -0.15) is 0 Å². The van der Waals surface area contributed by atoms with E-state index >= 15 is 0 Å². The Morgan fingerprint density at radius 3 is 2.54 bits per heavy atom. The summed E-state index contributed by atoms with van der Waals surface area (Å²) in [7, 11) is 0. The number of benzene rings is 1. The predicted molar refractivity (Wildman–Crippen MR) is 116 cm³/mol. The summed E-state index contributed by atoms with van der Waals surface area (Å²) in [6.07, 6.45) is 12.2. The highest BCUT2D eigenvalue weighted by molar-refractivity contribution is 8.03. The lowest BCUT2D eigenvalue weighted by Crippen LogP contribution is -2.28. The van der Waals surface area contributed by atoms with Crippen molar-refractivity contribution in [2.75, 3.05) is 19.5 Å². The number of carbonyl (C=O) groups is 1. The zero-order valence-corrected chi connectivity index (χ0v) is 17.5. The Kier molecular flexibility index (Phi) is 9.82. The number of allylic oxidation sites excluding steroid dienone is 2. The molecular weight excluding hydrogens is 372 g/mol. The number of para-hydroxylation sites is 1. The SMILES string of the molecule is CSC1=CC(O)(CCCCOc2ccccc2)/C(=C\CCCCCCO)C1=O. The van der Waals surface area contributed by atoms with Crippen molar-refractivity contribution in [3.8, 4) is 5.75 Å². The first-order valence-corrected chi connectivity index (χ1v) is 11.4. The van der Waals surface area contributed by atoms with E-state index in [-0.39, 0.29) is 12.4 Å². The average molecular weight is 405 g/mol. The Balaban J connectivity index is 1.84. The molecule has 154 valence electrons. The van der Waals surface area contributed by atoms with E-state index in [9.17, 15) is 9.90 Å². The second kappa shape index (κ2) is 12.1. The normalized spacial score (nSPS) is 20.6. The molecule has 1 aliphatic rings. The van der Waals surface area contributed by atoms with E-state index in [1.165, 1.54) is 11.8 Å². The highest BCUT2D eigenvalue weighted by Crippen LogP contribution is 2.39. The summed E-state index contributed by atoms with van der Waals surface area (Å²) >= 11 is 1.40. The molecule has 5 heteroatoms. The molecule has 0 heterocycles. The second-order valence-electron chi connectivity index (χ2n) is 7.13. The van der Waals surface area contributed by atoms with E-state index in [2.05, 4.69) is 0 Å². The smallest absolute Gasteiger partial charge is 0.198 e. The third-order valence-electron chi connectivity index (χ3n) is 4.95.